The maximum Gasteiger partial charge on any atom is 0.266 e. The molecule has 1 amide bonds. The van der Waals surface area contributed by atoms with Gasteiger partial charge in [0.1, 0.15) is 22.4 Å². The van der Waals surface area contributed by atoms with Gasteiger partial charge >= 0.3 is 0 Å². The lowest BCUT2D eigenvalue weighted by Gasteiger charge is -2.18. The van der Waals surface area contributed by atoms with Gasteiger partial charge in [-0.05, 0) is 62.7 Å². The maximum atomic E-state index is 13.0. The molecule has 3 aromatic rings. The largest absolute Gasteiger partial charge is 0.490 e. The quantitative estimate of drug-likeness (QED) is 0.237. The summed E-state index contributed by atoms with van der Waals surface area (Å²) in [7, 11) is 0. The number of aryl methyl sites for hydroxylation is 1. The van der Waals surface area contributed by atoms with Crippen molar-refractivity contribution in [2.45, 2.75) is 26.8 Å². The summed E-state index contributed by atoms with van der Waals surface area (Å²) in [6, 6.07) is 15.8. The van der Waals surface area contributed by atoms with Crippen LogP contribution in [-0.2, 0) is 4.79 Å². The fraction of sp³-hybridized carbons (Fsp3) is 0.192. The molecule has 0 unspecified atom stereocenters. The van der Waals surface area contributed by atoms with E-state index in [9.17, 15) is 4.79 Å². The van der Waals surface area contributed by atoms with Gasteiger partial charge in [0, 0.05) is 23.4 Å². The highest BCUT2D eigenvalue weighted by molar-refractivity contribution is 8.26. The third kappa shape index (κ3) is 4.79. The zero-order valence-electron chi connectivity index (χ0n) is 18.8. The van der Waals surface area contributed by atoms with Gasteiger partial charge in [-0.2, -0.15) is 5.10 Å². The van der Waals surface area contributed by atoms with Crippen molar-refractivity contribution in [3.8, 4) is 22.7 Å². The fourth-order valence-electron chi connectivity index (χ4n) is 3.63. The zero-order chi connectivity index (χ0) is 23.5. The molecule has 1 fully saturated rings. The molecule has 7 heteroatoms. The number of carbonyl (C=O) groups excluding carboxylic acids is 1. The Morgan fingerprint density at radius 3 is 2.61 bits per heavy atom. The van der Waals surface area contributed by atoms with Crippen molar-refractivity contribution in [3.63, 3.8) is 0 Å². The highest BCUT2D eigenvalue weighted by atomic mass is 32.2. The third-order valence-electron chi connectivity index (χ3n) is 5.21. The van der Waals surface area contributed by atoms with Gasteiger partial charge in [0.05, 0.1) is 10.6 Å². The number of rotatable bonds is 7. The zero-order valence-corrected chi connectivity index (χ0v) is 20.5. The fourth-order valence-corrected chi connectivity index (χ4v) is 5.14. The van der Waals surface area contributed by atoms with E-state index in [0.717, 1.165) is 33.8 Å². The molecule has 168 valence electrons. The first-order valence-electron chi connectivity index (χ1n) is 10.7. The minimum absolute atomic E-state index is 0.0141. The van der Waals surface area contributed by atoms with Crippen LogP contribution in [0.3, 0.4) is 0 Å². The molecule has 1 aliphatic heterocycles. The Kier molecular flexibility index (Phi) is 6.81. The second-order valence-electron chi connectivity index (χ2n) is 7.94. The number of amides is 1. The Morgan fingerprint density at radius 2 is 1.97 bits per heavy atom. The molecule has 0 atom stereocenters. The molecule has 0 bridgehead atoms. The molecule has 0 radical (unpaired) electrons. The van der Waals surface area contributed by atoms with E-state index >= 15 is 0 Å². The minimum atomic E-state index is -0.0664. The van der Waals surface area contributed by atoms with E-state index in [2.05, 4.69) is 6.58 Å². The highest BCUT2D eigenvalue weighted by Gasteiger charge is 2.34. The van der Waals surface area contributed by atoms with Gasteiger partial charge in [0.25, 0.3) is 5.91 Å². The SMILES string of the molecule is C=CCOc1ccc(-c2nn(-c3ccccc3)cc2/C=C2/SC(=S)N(C(C)C)C2=O)c(C)c1. The van der Waals surface area contributed by atoms with Crippen molar-refractivity contribution < 1.29 is 9.53 Å². The lowest BCUT2D eigenvalue weighted by molar-refractivity contribution is -0.123. The number of hydrogen-bond acceptors (Lipinski definition) is 5. The summed E-state index contributed by atoms with van der Waals surface area (Å²) < 4.78 is 8.10. The molecule has 0 spiro atoms. The van der Waals surface area contributed by atoms with Crippen LogP contribution in [0.25, 0.3) is 23.0 Å². The van der Waals surface area contributed by atoms with E-state index in [1.165, 1.54) is 11.8 Å². The van der Waals surface area contributed by atoms with Crippen LogP contribution in [0.4, 0.5) is 0 Å². The molecular formula is C26H25N3O2S2. The first kappa shape index (κ1) is 23.0. The molecule has 5 nitrogen and oxygen atoms in total. The maximum absolute atomic E-state index is 13.0. The smallest absolute Gasteiger partial charge is 0.266 e. The van der Waals surface area contributed by atoms with E-state index < -0.39 is 0 Å². The summed E-state index contributed by atoms with van der Waals surface area (Å²) >= 11 is 6.78. The Balaban J connectivity index is 1.80. The second-order valence-corrected chi connectivity index (χ2v) is 9.61. The van der Waals surface area contributed by atoms with Crippen LogP contribution in [0.2, 0.25) is 0 Å². The van der Waals surface area contributed by atoms with E-state index in [-0.39, 0.29) is 11.9 Å². The van der Waals surface area contributed by atoms with Crippen molar-refractivity contribution >= 4 is 40.3 Å². The van der Waals surface area contributed by atoms with E-state index in [0.29, 0.717) is 15.8 Å². The van der Waals surface area contributed by atoms with Crippen LogP contribution in [0, 0.1) is 6.92 Å². The minimum Gasteiger partial charge on any atom is -0.490 e. The van der Waals surface area contributed by atoms with E-state index in [4.69, 9.17) is 22.1 Å². The molecule has 33 heavy (non-hydrogen) atoms. The number of para-hydroxylation sites is 1. The van der Waals surface area contributed by atoms with Crippen LogP contribution < -0.4 is 4.74 Å². The third-order valence-corrected chi connectivity index (χ3v) is 6.54. The molecule has 0 aliphatic carbocycles. The number of hydrogen-bond donors (Lipinski definition) is 0. The Hall–Kier alpha value is -3.16. The summed E-state index contributed by atoms with van der Waals surface area (Å²) in [5, 5.41) is 4.89. The number of ether oxygens (including phenoxy) is 1. The number of benzene rings is 2. The molecule has 4 rings (SSSR count). The van der Waals surface area contributed by atoms with Gasteiger partial charge in [-0.1, -0.05) is 54.8 Å². The Morgan fingerprint density at radius 1 is 1.21 bits per heavy atom. The van der Waals surface area contributed by atoms with Crippen molar-refractivity contribution in [2.75, 3.05) is 6.61 Å². The van der Waals surface area contributed by atoms with Gasteiger partial charge in [-0.25, -0.2) is 4.68 Å². The molecule has 2 heterocycles. The van der Waals surface area contributed by atoms with Crippen molar-refractivity contribution in [2.24, 2.45) is 0 Å². The molecule has 1 aliphatic rings. The Bertz CT molecular complexity index is 1250. The lowest BCUT2D eigenvalue weighted by Crippen LogP contribution is -2.34. The van der Waals surface area contributed by atoms with Crippen LogP contribution in [0.15, 0.2) is 72.3 Å². The summed E-state index contributed by atoms with van der Waals surface area (Å²) in [6.07, 6.45) is 5.56. The Labute approximate surface area is 203 Å². The van der Waals surface area contributed by atoms with Crippen LogP contribution >= 0.6 is 24.0 Å². The standard InChI is InChI=1S/C26H25N3O2S2/c1-5-13-31-21-11-12-22(18(4)14-21)24-19(16-28(27-24)20-9-7-6-8-10-20)15-23-25(30)29(17(2)3)26(32)33-23/h5-12,14-17H,1,13H2,2-4H3/b23-15+. The summed E-state index contributed by atoms with van der Waals surface area (Å²) in [4.78, 5) is 15.3. The summed E-state index contributed by atoms with van der Waals surface area (Å²) in [5.74, 6) is 0.710. The average Bonchev–Trinajstić information content (AvgIpc) is 3.33. The summed E-state index contributed by atoms with van der Waals surface area (Å²) in [6.45, 7) is 10.1. The van der Waals surface area contributed by atoms with Crippen LogP contribution in [0.1, 0.15) is 25.0 Å². The van der Waals surface area contributed by atoms with Crippen LogP contribution in [-0.4, -0.2) is 37.6 Å². The molecule has 0 saturated carbocycles. The topological polar surface area (TPSA) is 47.4 Å². The average molecular weight is 476 g/mol. The molecular weight excluding hydrogens is 450 g/mol. The molecule has 2 aromatic carbocycles. The van der Waals surface area contributed by atoms with E-state index in [1.54, 1.807) is 11.0 Å². The van der Waals surface area contributed by atoms with Gasteiger partial charge in [-0.15, -0.1) is 0 Å². The van der Waals surface area contributed by atoms with Crippen LogP contribution in [0.5, 0.6) is 5.75 Å². The van der Waals surface area contributed by atoms with Gasteiger partial charge in [-0.3, -0.25) is 9.69 Å². The van der Waals surface area contributed by atoms with Crippen molar-refractivity contribution in [1.29, 1.82) is 0 Å². The normalized spacial score (nSPS) is 15.0. The lowest BCUT2D eigenvalue weighted by atomic mass is 10.0. The number of thiocarbonyl (C=S) groups is 1. The first-order chi connectivity index (χ1) is 15.9. The monoisotopic (exact) mass is 475 g/mol. The number of aromatic nitrogens is 2. The van der Waals surface area contributed by atoms with Crippen molar-refractivity contribution in [1.82, 2.24) is 14.7 Å². The molecule has 0 N–H and O–H groups in total. The van der Waals surface area contributed by atoms with E-state index in [1.807, 2.05) is 86.3 Å². The second kappa shape index (κ2) is 9.77. The number of thioether (sulfide) groups is 1. The predicted octanol–water partition coefficient (Wildman–Crippen LogP) is 6.02. The number of nitrogens with zero attached hydrogens (tertiary/aromatic N) is 3. The molecule has 1 saturated heterocycles. The number of carbonyl (C=O) groups is 1. The highest BCUT2D eigenvalue weighted by Crippen LogP contribution is 2.36. The summed E-state index contributed by atoms with van der Waals surface area (Å²) in [5.41, 5.74) is 4.59. The van der Waals surface area contributed by atoms with Crippen molar-refractivity contribution in [3.05, 3.63) is 83.4 Å². The molecule has 1 aromatic heterocycles. The first-order valence-corrected chi connectivity index (χ1v) is 11.9. The predicted molar refractivity (Wildman–Crippen MR) is 140 cm³/mol. The van der Waals surface area contributed by atoms with Gasteiger partial charge in [0.2, 0.25) is 0 Å². The van der Waals surface area contributed by atoms with Gasteiger partial charge in [0.15, 0.2) is 0 Å². The van der Waals surface area contributed by atoms with Gasteiger partial charge < -0.3 is 4.74 Å².